The minimum absolute atomic E-state index is 0.00848. The second-order valence-electron chi connectivity index (χ2n) is 4.43. The summed E-state index contributed by atoms with van der Waals surface area (Å²) < 4.78 is 1.67. The molecule has 20 heavy (non-hydrogen) atoms. The summed E-state index contributed by atoms with van der Waals surface area (Å²) in [6, 6.07) is 5.37. The highest BCUT2D eigenvalue weighted by atomic mass is 32.2. The Bertz CT molecular complexity index is 563. The van der Waals surface area contributed by atoms with Crippen LogP contribution in [-0.2, 0) is 4.79 Å². The first-order valence-corrected chi connectivity index (χ1v) is 7.56. The van der Waals surface area contributed by atoms with E-state index in [4.69, 9.17) is 0 Å². The molecule has 2 N–H and O–H groups in total. The summed E-state index contributed by atoms with van der Waals surface area (Å²) in [5, 5.41) is 10.2. The average molecular weight is 289 g/mol. The van der Waals surface area contributed by atoms with E-state index in [2.05, 4.69) is 20.7 Å². The molecule has 1 aliphatic heterocycles. The summed E-state index contributed by atoms with van der Waals surface area (Å²) in [4.78, 5) is 16.3. The van der Waals surface area contributed by atoms with Gasteiger partial charge in [-0.1, -0.05) is 0 Å². The molecule has 1 atom stereocenters. The third-order valence-corrected chi connectivity index (χ3v) is 4.05. The number of anilines is 1. The van der Waals surface area contributed by atoms with Crippen molar-refractivity contribution in [3.8, 4) is 5.82 Å². The summed E-state index contributed by atoms with van der Waals surface area (Å²) >= 11 is 1.79. The molecule has 1 aliphatic rings. The van der Waals surface area contributed by atoms with Crippen LogP contribution in [0.15, 0.2) is 36.8 Å². The van der Waals surface area contributed by atoms with Crippen molar-refractivity contribution in [3.63, 3.8) is 0 Å². The lowest BCUT2D eigenvalue weighted by Crippen LogP contribution is -2.46. The van der Waals surface area contributed by atoms with E-state index < -0.39 is 0 Å². The molecule has 0 aromatic carbocycles. The highest BCUT2D eigenvalue weighted by Gasteiger charge is 2.20. The van der Waals surface area contributed by atoms with E-state index >= 15 is 0 Å². The Morgan fingerprint density at radius 1 is 1.50 bits per heavy atom. The molecule has 1 fully saturated rings. The van der Waals surface area contributed by atoms with E-state index in [1.54, 1.807) is 28.8 Å². The lowest BCUT2D eigenvalue weighted by molar-refractivity contribution is -0.117. The number of thioether (sulfide) groups is 1. The zero-order valence-electron chi connectivity index (χ0n) is 10.8. The molecule has 0 radical (unpaired) electrons. The van der Waals surface area contributed by atoms with Gasteiger partial charge in [0.15, 0.2) is 5.82 Å². The summed E-state index contributed by atoms with van der Waals surface area (Å²) in [5.41, 5.74) is 0.697. The minimum Gasteiger partial charge on any atom is -0.323 e. The Kier molecular flexibility index (Phi) is 3.98. The zero-order chi connectivity index (χ0) is 13.8. The first kappa shape index (κ1) is 13.1. The van der Waals surface area contributed by atoms with Crippen LogP contribution < -0.4 is 10.6 Å². The van der Waals surface area contributed by atoms with Gasteiger partial charge in [-0.15, -0.1) is 0 Å². The molecule has 0 aliphatic carbocycles. The molecule has 0 bridgehead atoms. The SMILES string of the molecule is O=C(Nc1ccc(-n2cccn2)nc1)C1CSCCN1. The molecule has 7 heteroatoms. The van der Waals surface area contributed by atoms with Crippen molar-refractivity contribution in [2.24, 2.45) is 0 Å². The fraction of sp³-hybridized carbons (Fsp3) is 0.308. The fourth-order valence-electron chi connectivity index (χ4n) is 1.96. The van der Waals surface area contributed by atoms with Crippen molar-refractivity contribution < 1.29 is 4.79 Å². The number of rotatable bonds is 3. The van der Waals surface area contributed by atoms with Gasteiger partial charge in [-0.25, -0.2) is 9.67 Å². The van der Waals surface area contributed by atoms with Crippen LogP contribution in [0.3, 0.4) is 0 Å². The van der Waals surface area contributed by atoms with Crippen LogP contribution in [0, 0.1) is 0 Å². The maximum Gasteiger partial charge on any atom is 0.242 e. The average Bonchev–Trinajstić information content (AvgIpc) is 3.03. The molecule has 3 heterocycles. The maximum atomic E-state index is 12.0. The van der Waals surface area contributed by atoms with Crippen LogP contribution in [0.2, 0.25) is 0 Å². The second-order valence-corrected chi connectivity index (χ2v) is 5.58. The molecule has 6 nitrogen and oxygen atoms in total. The molecule has 2 aromatic heterocycles. The summed E-state index contributed by atoms with van der Waals surface area (Å²) in [5.74, 6) is 2.58. The van der Waals surface area contributed by atoms with E-state index in [9.17, 15) is 4.79 Å². The van der Waals surface area contributed by atoms with Gasteiger partial charge >= 0.3 is 0 Å². The van der Waals surface area contributed by atoms with Gasteiger partial charge in [0.25, 0.3) is 0 Å². The van der Waals surface area contributed by atoms with E-state index in [0.29, 0.717) is 5.69 Å². The maximum absolute atomic E-state index is 12.0. The molecule has 0 spiro atoms. The lowest BCUT2D eigenvalue weighted by Gasteiger charge is -2.22. The number of nitrogens with zero attached hydrogens (tertiary/aromatic N) is 3. The molecule has 3 rings (SSSR count). The zero-order valence-corrected chi connectivity index (χ0v) is 11.6. The fourth-order valence-corrected chi connectivity index (χ4v) is 2.90. The first-order chi connectivity index (χ1) is 9.83. The Labute approximate surface area is 121 Å². The van der Waals surface area contributed by atoms with E-state index in [1.807, 2.05) is 24.4 Å². The minimum atomic E-state index is -0.125. The third-order valence-electron chi connectivity index (χ3n) is 2.99. The monoisotopic (exact) mass is 289 g/mol. The van der Waals surface area contributed by atoms with E-state index in [-0.39, 0.29) is 11.9 Å². The Hall–Kier alpha value is -1.86. The van der Waals surface area contributed by atoms with Crippen LogP contribution >= 0.6 is 11.8 Å². The lowest BCUT2D eigenvalue weighted by atomic mass is 10.3. The van der Waals surface area contributed by atoms with Crippen molar-refractivity contribution in [2.45, 2.75) is 6.04 Å². The van der Waals surface area contributed by atoms with Gasteiger partial charge in [0.2, 0.25) is 5.91 Å². The number of pyridine rings is 1. The molecular weight excluding hydrogens is 274 g/mol. The molecule has 0 saturated carbocycles. The van der Waals surface area contributed by atoms with Crippen LogP contribution in [0.1, 0.15) is 0 Å². The number of carbonyl (C=O) groups is 1. The van der Waals surface area contributed by atoms with Gasteiger partial charge < -0.3 is 10.6 Å². The second kappa shape index (κ2) is 6.06. The van der Waals surface area contributed by atoms with Crippen molar-refractivity contribution in [1.29, 1.82) is 0 Å². The molecule has 1 saturated heterocycles. The molecular formula is C13H15N5OS. The van der Waals surface area contributed by atoms with Crippen LogP contribution in [0.5, 0.6) is 0 Å². The van der Waals surface area contributed by atoms with E-state index in [1.165, 1.54) is 0 Å². The van der Waals surface area contributed by atoms with Gasteiger partial charge in [0, 0.05) is 30.4 Å². The summed E-state index contributed by atoms with van der Waals surface area (Å²) in [6.07, 6.45) is 5.17. The van der Waals surface area contributed by atoms with Crippen molar-refractivity contribution >= 4 is 23.4 Å². The predicted octanol–water partition coefficient (Wildman–Crippen LogP) is 0.911. The number of amides is 1. The predicted molar refractivity (Wildman–Crippen MR) is 79.1 cm³/mol. The number of aromatic nitrogens is 3. The summed E-state index contributed by atoms with van der Waals surface area (Å²) in [7, 11) is 0. The van der Waals surface area contributed by atoms with Crippen molar-refractivity contribution in [3.05, 3.63) is 36.8 Å². The quantitative estimate of drug-likeness (QED) is 0.879. The number of nitrogens with one attached hydrogen (secondary N) is 2. The number of hydrogen-bond acceptors (Lipinski definition) is 5. The number of hydrogen-bond donors (Lipinski definition) is 2. The third kappa shape index (κ3) is 3.00. The van der Waals surface area contributed by atoms with Crippen LogP contribution in [0.4, 0.5) is 5.69 Å². The van der Waals surface area contributed by atoms with E-state index in [0.717, 1.165) is 23.9 Å². The van der Waals surface area contributed by atoms with Crippen molar-refractivity contribution in [1.82, 2.24) is 20.1 Å². The Morgan fingerprint density at radius 3 is 3.10 bits per heavy atom. The Balaban J connectivity index is 1.64. The molecule has 2 aromatic rings. The van der Waals surface area contributed by atoms with Gasteiger partial charge in [-0.3, -0.25) is 4.79 Å². The van der Waals surface area contributed by atoms with Crippen molar-refractivity contribution in [2.75, 3.05) is 23.4 Å². The largest absolute Gasteiger partial charge is 0.323 e. The molecule has 1 amide bonds. The van der Waals surface area contributed by atoms with Gasteiger partial charge in [-0.05, 0) is 18.2 Å². The van der Waals surface area contributed by atoms with Gasteiger partial charge in [0.1, 0.15) is 0 Å². The standard InChI is InChI=1S/C13H15N5OS/c19-13(11-9-20-7-5-14-11)17-10-2-3-12(15-8-10)18-6-1-4-16-18/h1-4,6,8,11,14H,5,7,9H2,(H,17,19). The first-order valence-electron chi connectivity index (χ1n) is 6.41. The molecule has 1 unspecified atom stereocenters. The normalized spacial score (nSPS) is 18.7. The van der Waals surface area contributed by atoms with Crippen LogP contribution in [0.25, 0.3) is 5.82 Å². The molecule has 104 valence electrons. The highest BCUT2D eigenvalue weighted by Crippen LogP contribution is 2.12. The Morgan fingerprint density at radius 2 is 2.45 bits per heavy atom. The smallest absolute Gasteiger partial charge is 0.242 e. The topological polar surface area (TPSA) is 71.8 Å². The van der Waals surface area contributed by atoms with Gasteiger partial charge in [-0.2, -0.15) is 16.9 Å². The number of carbonyl (C=O) groups excluding carboxylic acids is 1. The van der Waals surface area contributed by atoms with Gasteiger partial charge in [0.05, 0.1) is 17.9 Å². The van der Waals surface area contributed by atoms with Crippen LogP contribution in [-0.4, -0.2) is 44.8 Å². The highest BCUT2D eigenvalue weighted by molar-refractivity contribution is 7.99. The summed E-state index contributed by atoms with van der Waals surface area (Å²) in [6.45, 7) is 0.874.